The molecule has 0 aromatic heterocycles. The minimum Gasteiger partial charge on any atom is -0.268 e. The maximum atomic E-state index is 5.66. The number of para-hydroxylation sites is 1. The highest BCUT2D eigenvalue weighted by atomic mass is 16.7. The van der Waals surface area contributed by atoms with Gasteiger partial charge in [-0.15, -0.1) is 0 Å². The second kappa shape index (κ2) is 3.99. The molecule has 1 aliphatic heterocycles. The molecule has 0 spiro atoms. The molecule has 2 heteroatoms. The molecule has 0 fully saturated rings. The molecule has 0 aliphatic carbocycles. The first-order chi connectivity index (χ1) is 7.93. The van der Waals surface area contributed by atoms with Crippen molar-refractivity contribution in [3.63, 3.8) is 0 Å². The van der Waals surface area contributed by atoms with Gasteiger partial charge in [0, 0.05) is 5.56 Å². The normalized spacial score (nSPS) is 13.9. The fourth-order valence-corrected chi connectivity index (χ4v) is 1.97. The zero-order valence-corrected chi connectivity index (χ0v) is 8.97. The number of anilines is 1. The van der Waals surface area contributed by atoms with Crippen LogP contribution in [0.1, 0.15) is 11.1 Å². The van der Waals surface area contributed by atoms with Crippen LogP contribution in [-0.4, -0.2) is 0 Å². The lowest BCUT2D eigenvalue weighted by Gasteiger charge is -2.17. The smallest absolute Gasteiger partial charge is 0.102 e. The Kier molecular flexibility index (Phi) is 2.35. The van der Waals surface area contributed by atoms with E-state index in [0.717, 1.165) is 6.54 Å². The Balaban J connectivity index is 1.84. The van der Waals surface area contributed by atoms with E-state index in [1.807, 2.05) is 23.3 Å². The number of hydroxylamine groups is 1. The molecule has 80 valence electrons. The number of fused-ring (bicyclic) bond motifs is 1. The van der Waals surface area contributed by atoms with E-state index in [-0.39, 0.29) is 0 Å². The van der Waals surface area contributed by atoms with E-state index >= 15 is 0 Å². The van der Waals surface area contributed by atoms with Crippen LogP contribution in [0, 0.1) is 0 Å². The van der Waals surface area contributed by atoms with E-state index < -0.39 is 0 Å². The molecular formula is C14H13NO. The number of hydrogen-bond donors (Lipinski definition) is 0. The van der Waals surface area contributed by atoms with Crippen molar-refractivity contribution in [2.45, 2.75) is 13.2 Å². The van der Waals surface area contributed by atoms with Crippen molar-refractivity contribution in [3.05, 3.63) is 65.7 Å². The van der Waals surface area contributed by atoms with Crippen LogP contribution in [-0.2, 0) is 18.0 Å². The van der Waals surface area contributed by atoms with E-state index in [0.29, 0.717) is 6.61 Å². The van der Waals surface area contributed by atoms with Gasteiger partial charge in [0.1, 0.15) is 6.61 Å². The molecule has 0 atom stereocenters. The lowest BCUT2D eigenvalue weighted by atomic mass is 10.2. The van der Waals surface area contributed by atoms with E-state index in [4.69, 9.17) is 4.84 Å². The quantitative estimate of drug-likeness (QED) is 0.756. The highest BCUT2D eigenvalue weighted by molar-refractivity contribution is 5.54. The Morgan fingerprint density at radius 1 is 0.938 bits per heavy atom. The van der Waals surface area contributed by atoms with Crippen LogP contribution in [0.4, 0.5) is 5.69 Å². The molecule has 1 heterocycles. The summed E-state index contributed by atoms with van der Waals surface area (Å²) < 4.78 is 0. The van der Waals surface area contributed by atoms with Crippen molar-refractivity contribution < 1.29 is 4.84 Å². The van der Waals surface area contributed by atoms with Gasteiger partial charge < -0.3 is 0 Å². The average molecular weight is 211 g/mol. The van der Waals surface area contributed by atoms with Gasteiger partial charge in [0.25, 0.3) is 0 Å². The largest absolute Gasteiger partial charge is 0.268 e. The third-order valence-corrected chi connectivity index (χ3v) is 2.81. The molecule has 3 rings (SSSR count). The summed E-state index contributed by atoms with van der Waals surface area (Å²) in [5, 5.41) is 1.96. The van der Waals surface area contributed by atoms with Crippen molar-refractivity contribution in [2.75, 3.05) is 5.06 Å². The summed E-state index contributed by atoms with van der Waals surface area (Å²) in [7, 11) is 0. The van der Waals surface area contributed by atoms with Gasteiger partial charge in [-0.25, -0.2) is 5.06 Å². The molecule has 1 aliphatic rings. The van der Waals surface area contributed by atoms with Crippen LogP contribution >= 0.6 is 0 Å². The SMILES string of the molecule is c1ccc(CN2OCc3ccccc32)cc1. The second-order valence-electron chi connectivity index (χ2n) is 3.92. The lowest BCUT2D eigenvalue weighted by Crippen LogP contribution is -2.17. The first kappa shape index (κ1) is 9.43. The molecule has 2 nitrogen and oxygen atoms in total. The summed E-state index contributed by atoms with van der Waals surface area (Å²) in [5.74, 6) is 0. The Morgan fingerprint density at radius 3 is 2.56 bits per heavy atom. The summed E-state index contributed by atoms with van der Waals surface area (Å²) in [4.78, 5) is 5.66. The summed E-state index contributed by atoms with van der Waals surface area (Å²) in [6, 6.07) is 18.7. The topological polar surface area (TPSA) is 12.5 Å². The van der Waals surface area contributed by atoms with Gasteiger partial charge in [-0.1, -0.05) is 48.5 Å². The second-order valence-corrected chi connectivity index (χ2v) is 3.92. The fraction of sp³-hybridized carbons (Fsp3) is 0.143. The molecule has 2 aromatic rings. The summed E-state index contributed by atoms with van der Waals surface area (Å²) in [6.45, 7) is 1.49. The molecule has 0 saturated heterocycles. The molecule has 0 bridgehead atoms. The number of rotatable bonds is 2. The highest BCUT2D eigenvalue weighted by Gasteiger charge is 2.19. The van der Waals surface area contributed by atoms with Gasteiger partial charge in [0.2, 0.25) is 0 Å². The van der Waals surface area contributed by atoms with Gasteiger partial charge >= 0.3 is 0 Å². The Hall–Kier alpha value is -1.80. The van der Waals surface area contributed by atoms with Crippen LogP contribution in [0.3, 0.4) is 0 Å². The summed E-state index contributed by atoms with van der Waals surface area (Å²) in [5.41, 5.74) is 3.71. The van der Waals surface area contributed by atoms with E-state index in [1.165, 1.54) is 16.8 Å². The molecule has 0 radical (unpaired) electrons. The first-order valence-corrected chi connectivity index (χ1v) is 5.46. The minimum atomic E-state index is 0.684. The van der Waals surface area contributed by atoms with E-state index in [1.54, 1.807) is 0 Å². The summed E-state index contributed by atoms with van der Waals surface area (Å²) >= 11 is 0. The van der Waals surface area contributed by atoms with Crippen molar-refractivity contribution in [1.82, 2.24) is 0 Å². The molecular weight excluding hydrogens is 198 g/mol. The maximum absolute atomic E-state index is 5.66. The molecule has 0 N–H and O–H groups in total. The standard InChI is InChI=1S/C14H13NO/c1-2-6-12(7-3-1)10-15-14-9-5-4-8-13(14)11-16-15/h1-9H,10-11H2. The third kappa shape index (κ3) is 1.68. The number of hydrogen-bond acceptors (Lipinski definition) is 2. The van der Waals surface area contributed by atoms with Gasteiger partial charge in [-0.05, 0) is 11.6 Å². The van der Waals surface area contributed by atoms with E-state index in [2.05, 4.69) is 36.4 Å². The number of nitrogens with zero attached hydrogens (tertiary/aromatic N) is 1. The molecule has 0 unspecified atom stereocenters. The predicted octanol–water partition coefficient (Wildman–Crippen LogP) is 3.14. The van der Waals surface area contributed by atoms with Gasteiger partial charge in [-0.2, -0.15) is 0 Å². The van der Waals surface area contributed by atoms with Crippen molar-refractivity contribution in [3.8, 4) is 0 Å². The minimum absolute atomic E-state index is 0.684. The molecule has 0 saturated carbocycles. The predicted molar refractivity (Wildman–Crippen MR) is 63.9 cm³/mol. The Bertz CT molecular complexity index is 481. The third-order valence-electron chi connectivity index (χ3n) is 2.81. The van der Waals surface area contributed by atoms with E-state index in [9.17, 15) is 0 Å². The molecule has 16 heavy (non-hydrogen) atoms. The molecule has 2 aromatic carbocycles. The van der Waals surface area contributed by atoms with Crippen molar-refractivity contribution in [2.24, 2.45) is 0 Å². The molecule has 0 amide bonds. The Morgan fingerprint density at radius 2 is 1.69 bits per heavy atom. The van der Waals surface area contributed by atoms with Crippen LogP contribution in [0.2, 0.25) is 0 Å². The van der Waals surface area contributed by atoms with Crippen LogP contribution in [0.25, 0.3) is 0 Å². The number of benzene rings is 2. The van der Waals surface area contributed by atoms with Gasteiger partial charge in [0.15, 0.2) is 0 Å². The average Bonchev–Trinajstić information content (AvgIpc) is 2.74. The zero-order valence-electron chi connectivity index (χ0n) is 8.97. The van der Waals surface area contributed by atoms with Crippen LogP contribution in [0.15, 0.2) is 54.6 Å². The highest BCUT2D eigenvalue weighted by Crippen LogP contribution is 2.29. The van der Waals surface area contributed by atoms with Crippen LogP contribution < -0.4 is 5.06 Å². The lowest BCUT2D eigenvalue weighted by molar-refractivity contribution is 0.114. The monoisotopic (exact) mass is 211 g/mol. The van der Waals surface area contributed by atoms with Gasteiger partial charge in [-0.3, -0.25) is 4.84 Å². The Labute approximate surface area is 95.0 Å². The fourth-order valence-electron chi connectivity index (χ4n) is 1.97. The first-order valence-electron chi connectivity index (χ1n) is 5.46. The maximum Gasteiger partial charge on any atom is 0.102 e. The zero-order chi connectivity index (χ0) is 10.8. The summed E-state index contributed by atoms with van der Waals surface area (Å²) in [6.07, 6.45) is 0. The van der Waals surface area contributed by atoms with Crippen LogP contribution in [0.5, 0.6) is 0 Å². The van der Waals surface area contributed by atoms with Crippen molar-refractivity contribution >= 4 is 5.69 Å². The van der Waals surface area contributed by atoms with Gasteiger partial charge in [0.05, 0.1) is 12.2 Å². The van der Waals surface area contributed by atoms with Crippen molar-refractivity contribution in [1.29, 1.82) is 0 Å².